The van der Waals surface area contributed by atoms with Crippen molar-refractivity contribution in [2.45, 2.75) is 6.04 Å². The highest BCUT2D eigenvalue weighted by Gasteiger charge is 2.35. The molecule has 0 aromatic heterocycles. The Balaban J connectivity index is 1.69. The molecule has 0 radical (unpaired) electrons. The Morgan fingerprint density at radius 1 is 1.26 bits per heavy atom. The van der Waals surface area contributed by atoms with Gasteiger partial charge in [0.25, 0.3) is 0 Å². The van der Waals surface area contributed by atoms with E-state index >= 15 is 0 Å². The molecule has 1 aromatic carbocycles. The first-order valence-electron chi connectivity index (χ1n) is 7.36. The van der Waals surface area contributed by atoms with Gasteiger partial charge in [0.15, 0.2) is 0 Å². The number of methoxy groups -OCH3 is 1. The first-order chi connectivity index (χ1) is 11.1. The molecule has 2 aliphatic heterocycles. The van der Waals surface area contributed by atoms with E-state index in [2.05, 4.69) is 10.6 Å². The molecule has 8 heteroatoms. The lowest BCUT2D eigenvalue weighted by atomic mass is 10.2. The first kappa shape index (κ1) is 15.1. The fraction of sp³-hybridized carbons (Fsp3) is 0.400. The Morgan fingerprint density at radius 2 is 2.04 bits per heavy atom. The van der Waals surface area contributed by atoms with E-state index in [1.165, 1.54) is 4.90 Å². The summed E-state index contributed by atoms with van der Waals surface area (Å²) >= 11 is 0. The zero-order valence-corrected chi connectivity index (χ0v) is 12.7. The van der Waals surface area contributed by atoms with Crippen LogP contribution in [0.4, 0.5) is 10.5 Å². The second-order valence-electron chi connectivity index (χ2n) is 5.38. The molecule has 2 N–H and O–H groups in total. The van der Waals surface area contributed by atoms with Crippen LogP contribution in [-0.4, -0.2) is 62.1 Å². The summed E-state index contributed by atoms with van der Waals surface area (Å²) in [5.74, 6) is 0.204. The SMILES string of the molecule is COc1ccccc1N1CCN(C(=O)C2CNC(=O)N2)CC1=O. The van der Waals surface area contributed by atoms with Gasteiger partial charge in [-0.2, -0.15) is 0 Å². The molecule has 3 rings (SSSR count). The minimum Gasteiger partial charge on any atom is -0.495 e. The van der Waals surface area contributed by atoms with Crippen molar-refractivity contribution >= 4 is 23.5 Å². The third-order valence-electron chi connectivity index (χ3n) is 3.98. The summed E-state index contributed by atoms with van der Waals surface area (Å²) in [6.45, 7) is 1.04. The number of carbonyl (C=O) groups is 3. The van der Waals surface area contributed by atoms with Crippen molar-refractivity contribution in [1.82, 2.24) is 15.5 Å². The molecule has 1 aromatic rings. The molecule has 0 saturated carbocycles. The van der Waals surface area contributed by atoms with Gasteiger partial charge in [-0.05, 0) is 12.1 Å². The molecule has 8 nitrogen and oxygen atoms in total. The number of piperazine rings is 1. The standard InChI is InChI=1S/C15H18N4O4/c1-23-12-5-3-2-4-11(12)19-7-6-18(9-13(19)20)14(21)10-8-16-15(22)17-10/h2-5,10H,6-9H2,1H3,(H2,16,17,22). The number of nitrogens with zero attached hydrogens (tertiary/aromatic N) is 2. The van der Waals surface area contributed by atoms with E-state index in [0.717, 1.165) is 0 Å². The van der Waals surface area contributed by atoms with Gasteiger partial charge in [-0.15, -0.1) is 0 Å². The van der Waals surface area contributed by atoms with Gasteiger partial charge in [-0.3, -0.25) is 9.59 Å². The summed E-state index contributed by atoms with van der Waals surface area (Å²) in [5.41, 5.74) is 0.697. The average molecular weight is 318 g/mol. The van der Waals surface area contributed by atoms with Gasteiger partial charge < -0.3 is 25.2 Å². The maximum Gasteiger partial charge on any atom is 0.315 e. The van der Waals surface area contributed by atoms with Crippen LogP contribution in [0.15, 0.2) is 24.3 Å². The maximum atomic E-state index is 12.4. The smallest absolute Gasteiger partial charge is 0.315 e. The summed E-state index contributed by atoms with van der Waals surface area (Å²) in [7, 11) is 1.55. The fourth-order valence-corrected chi connectivity index (χ4v) is 2.79. The number of carbonyl (C=O) groups excluding carboxylic acids is 3. The van der Waals surface area contributed by atoms with Crippen LogP contribution in [0.25, 0.3) is 0 Å². The molecule has 2 saturated heterocycles. The van der Waals surface area contributed by atoms with Crippen LogP contribution in [0.5, 0.6) is 5.75 Å². The number of urea groups is 1. The van der Waals surface area contributed by atoms with Crippen LogP contribution in [0, 0.1) is 0 Å². The zero-order valence-electron chi connectivity index (χ0n) is 12.7. The Kier molecular flexibility index (Phi) is 4.05. The topological polar surface area (TPSA) is 91.0 Å². The van der Waals surface area contributed by atoms with Gasteiger partial charge in [0.1, 0.15) is 18.3 Å². The molecular weight excluding hydrogens is 300 g/mol. The number of hydrogen-bond donors (Lipinski definition) is 2. The number of ether oxygens (including phenoxy) is 1. The molecule has 2 aliphatic rings. The highest BCUT2D eigenvalue weighted by Crippen LogP contribution is 2.28. The number of amides is 4. The summed E-state index contributed by atoms with van der Waals surface area (Å²) < 4.78 is 5.28. The van der Waals surface area contributed by atoms with Gasteiger partial charge in [0, 0.05) is 19.6 Å². The quantitative estimate of drug-likeness (QED) is 0.790. The van der Waals surface area contributed by atoms with Gasteiger partial charge >= 0.3 is 6.03 Å². The van der Waals surface area contributed by atoms with E-state index in [-0.39, 0.29) is 30.9 Å². The van der Waals surface area contributed by atoms with Crippen LogP contribution in [-0.2, 0) is 9.59 Å². The summed E-state index contributed by atoms with van der Waals surface area (Å²) in [6, 6.07) is 6.32. The summed E-state index contributed by atoms with van der Waals surface area (Å²) in [4.78, 5) is 39.0. The summed E-state index contributed by atoms with van der Waals surface area (Å²) in [5, 5.41) is 5.08. The van der Waals surface area contributed by atoms with E-state index < -0.39 is 6.04 Å². The minimum absolute atomic E-state index is 0.0107. The van der Waals surface area contributed by atoms with E-state index in [1.54, 1.807) is 18.1 Å². The van der Waals surface area contributed by atoms with Crippen LogP contribution in [0.1, 0.15) is 0 Å². The maximum absolute atomic E-state index is 12.4. The van der Waals surface area contributed by atoms with Crippen LogP contribution in [0.2, 0.25) is 0 Å². The van der Waals surface area contributed by atoms with Gasteiger partial charge in [-0.25, -0.2) is 4.79 Å². The van der Waals surface area contributed by atoms with Gasteiger partial charge in [0.05, 0.1) is 12.8 Å². The molecule has 0 spiro atoms. The predicted molar refractivity (Wildman–Crippen MR) is 82.2 cm³/mol. The van der Waals surface area contributed by atoms with E-state index in [1.807, 2.05) is 18.2 Å². The fourth-order valence-electron chi connectivity index (χ4n) is 2.79. The van der Waals surface area contributed by atoms with Crippen molar-refractivity contribution in [1.29, 1.82) is 0 Å². The number of rotatable bonds is 3. The normalized spacial score (nSPS) is 21.0. The third kappa shape index (κ3) is 2.92. The van der Waals surface area contributed by atoms with Gasteiger partial charge in [-0.1, -0.05) is 12.1 Å². The van der Waals surface area contributed by atoms with Gasteiger partial charge in [0.2, 0.25) is 11.8 Å². The second-order valence-corrected chi connectivity index (χ2v) is 5.38. The molecular formula is C15H18N4O4. The first-order valence-corrected chi connectivity index (χ1v) is 7.36. The Labute approximate surface area is 133 Å². The van der Waals surface area contributed by atoms with E-state index in [4.69, 9.17) is 4.74 Å². The largest absolute Gasteiger partial charge is 0.495 e. The molecule has 122 valence electrons. The lowest BCUT2D eigenvalue weighted by molar-refractivity contribution is -0.138. The lowest BCUT2D eigenvalue weighted by Crippen LogP contribution is -2.56. The molecule has 23 heavy (non-hydrogen) atoms. The number of anilines is 1. The van der Waals surface area contributed by atoms with Crippen molar-refractivity contribution in [2.75, 3.05) is 38.2 Å². The highest BCUT2D eigenvalue weighted by atomic mass is 16.5. The van der Waals surface area contributed by atoms with Crippen LogP contribution >= 0.6 is 0 Å². The minimum atomic E-state index is -0.604. The number of hydrogen-bond acceptors (Lipinski definition) is 4. The Bertz CT molecular complexity index is 648. The second kappa shape index (κ2) is 6.15. The van der Waals surface area contributed by atoms with Crippen molar-refractivity contribution in [3.8, 4) is 5.75 Å². The third-order valence-corrected chi connectivity index (χ3v) is 3.98. The molecule has 4 amide bonds. The monoisotopic (exact) mass is 318 g/mol. The molecule has 0 aliphatic carbocycles. The lowest BCUT2D eigenvalue weighted by Gasteiger charge is -2.35. The molecule has 2 heterocycles. The summed E-state index contributed by atoms with van der Waals surface area (Å²) in [6.07, 6.45) is 0. The molecule has 2 fully saturated rings. The van der Waals surface area contributed by atoms with E-state index in [9.17, 15) is 14.4 Å². The van der Waals surface area contributed by atoms with Crippen molar-refractivity contribution in [3.63, 3.8) is 0 Å². The molecule has 1 unspecified atom stereocenters. The van der Waals surface area contributed by atoms with Crippen molar-refractivity contribution in [2.24, 2.45) is 0 Å². The number of benzene rings is 1. The van der Waals surface area contributed by atoms with Crippen molar-refractivity contribution in [3.05, 3.63) is 24.3 Å². The average Bonchev–Trinajstić information content (AvgIpc) is 3.00. The Hall–Kier alpha value is -2.77. The molecule has 0 bridgehead atoms. The number of para-hydroxylation sites is 2. The van der Waals surface area contributed by atoms with Crippen molar-refractivity contribution < 1.29 is 19.1 Å². The zero-order chi connectivity index (χ0) is 16.4. The highest BCUT2D eigenvalue weighted by molar-refractivity contribution is 6.00. The van der Waals surface area contributed by atoms with Crippen LogP contribution < -0.4 is 20.3 Å². The predicted octanol–water partition coefficient (Wildman–Crippen LogP) is -0.448. The van der Waals surface area contributed by atoms with E-state index in [0.29, 0.717) is 24.5 Å². The Morgan fingerprint density at radius 3 is 2.70 bits per heavy atom. The number of nitrogens with one attached hydrogen (secondary N) is 2. The van der Waals surface area contributed by atoms with Crippen LogP contribution in [0.3, 0.4) is 0 Å². The molecule has 1 atom stereocenters.